The van der Waals surface area contributed by atoms with Crippen molar-refractivity contribution in [2.45, 2.75) is 31.0 Å². The van der Waals surface area contributed by atoms with Crippen molar-refractivity contribution in [3.05, 3.63) is 36.4 Å². The first-order valence-corrected chi connectivity index (χ1v) is 12.0. The Labute approximate surface area is 192 Å². The molecule has 1 saturated heterocycles. The Kier molecular flexibility index (Phi) is 5.45. The second kappa shape index (κ2) is 8.07. The van der Waals surface area contributed by atoms with Crippen LogP contribution in [0.2, 0.25) is 0 Å². The molecule has 11 nitrogen and oxygen atoms in total. The van der Waals surface area contributed by atoms with E-state index < -0.39 is 38.5 Å². The number of halogens is 2. The molecule has 3 aromatic rings. The van der Waals surface area contributed by atoms with E-state index in [-0.39, 0.29) is 17.4 Å². The number of fused-ring (bicyclic) bond motifs is 2. The number of aromatic nitrogens is 4. The Hall–Kier alpha value is -2.50. The van der Waals surface area contributed by atoms with Gasteiger partial charge in [0.2, 0.25) is 0 Å². The summed E-state index contributed by atoms with van der Waals surface area (Å²) in [6, 6.07) is 6.50. The van der Waals surface area contributed by atoms with Crippen LogP contribution in [0.25, 0.3) is 11.2 Å². The van der Waals surface area contributed by atoms with Gasteiger partial charge in [0.1, 0.15) is 17.5 Å². The van der Waals surface area contributed by atoms with Gasteiger partial charge >= 0.3 is 7.82 Å². The molecular formula is C19H20ClFN5O6P. The summed E-state index contributed by atoms with van der Waals surface area (Å²) in [6.07, 6.45) is -3.60. The van der Waals surface area contributed by atoms with E-state index >= 15 is 4.39 Å². The van der Waals surface area contributed by atoms with Gasteiger partial charge in [-0.3, -0.25) is 9.09 Å². The maximum atomic E-state index is 15.3. The summed E-state index contributed by atoms with van der Waals surface area (Å²) in [4.78, 5) is 12.8. The van der Waals surface area contributed by atoms with E-state index in [0.717, 1.165) is 0 Å². The zero-order valence-electron chi connectivity index (χ0n) is 17.5. The van der Waals surface area contributed by atoms with E-state index in [2.05, 4.69) is 20.3 Å². The molecule has 5 rings (SSSR count). The molecule has 0 spiro atoms. The van der Waals surface area contributed by atoms with E-state index in [1.165, 1.54) is 10.9 Å². The van der Waals surface area contributed by atoms with Crippen LogP contribution in [0.1, 0.15) is 12.1 Å². The van der Waals surface area contributed by atoms with E-state index in [0.29, 0.717) is 22.8 Å². The van der Waals surface area contributed by atoms with Gasteiger partial charge in [-0.15, -0.1) is 11.6 Å². The summed E-state index contributed by atoms with van der Waals surface area (Å²) in [5.41, 5.74) is -1.03. The minimum Gasteiger partial charge on any atom is -0.391 e. The standard InChI is InChI=1S/C19H20ClFN5O6P/c1-10-24-16(22-2)14-17(25-10)26(9-23-14)18-13(21)15(27)19(7-20,30-18)8-29-33(28)31-11-5-3-4-6-12(11)32-33/h3-6,9,13,15,18,27H,7-8H2,1-2H3,(H,22,24,25)/t13-,15-,18+,19+/m0/s1. The minimum atomic E-state index is -4.06. The van der Waals surface area contributed by atoms with Crippen molar-refractivity contribution in [2.24, 2.45) is 0 Å². The highest BCUT2D eigenvalue weighted by Gasteiger charge is 2.57. The molecule has 33 heavy (non-hydrogen) atoms. The van der Waals surface area contributed by atoms with Crippen molar-refractivity contribution in [3.63, 3.8) is 0 Å². The van der Waals surface area contributed by atoms with Gasteiger partial charge < -0.3 is 24.2 Å². The average Bonchev–Trinajstić information content (AvgIpc) is 3.45. The third kappa shape index (κ3) is 3.62. The molecule has 0 amide bonds. The van der Waals surface area contributed by atoms with Crippen molar-refractivity contribution in [2.75, 3.05) is 24.9 Å². The normalized spacial score (nSPS) is 27.8. The van der Waals surface area contributed by atoms with Gasteiger partial charge in [-0.05, 0) is 19.1 Å². The number of alkyl halides is 2. The van der Waals surface area contributed by atoms with Crippen molar-refractivity contribution < 1.29 is 32.4 Å². The lowest BCUT2D eigenvalue weighted by molar-refractivity contribution is -0.110. The number of ether oxygens (including phenoxy) is 1. The number of phosphoric acid groups is 1. The Morgan fingerprint density at radius 3 is 2.67 bits per heavy atom. The van der Waals surface area contributed by atoms with Crippen LogP contribution < -0.4 is 14.4 Å². The molecule has 0 aliphatic carbocycles. The average molecular weight is 500 g/mol. The number of aliphatic hydroxyl groups is 1. The molecule has 1 aromatic carbocycles. The van der Waals surface area contributed by atoms with Crippen LogP contribution in [-0.2, 0) is 13.8 Å². The maximum absolute atomic E-state index is 15.3. The van der Waals surface area contributed by atoms with E-state index in [1.54, 1.807) is 38.2 Å². The van der Waals surface area contributed by atoms with Gasteiger partial charge in [0.05, 0.1) is 18.8 Å². The Bertz CT molecular complexity index is 1230. The van der Waals surface area contributed by atoms with Crippen molar-refractivity contribution >= 4 is 36.4 Å². The second-order valence-electron chi connectivity index (χ2n) is 7.64. The molecule has 2 aromatic heterocycles. The third-order valence-electron chi connectivity index (χ3n) is 5.48. The number of rotatable bonds is 6. The van der Waals surface area contributed by atoms with Crippen molar-refractivity contribution in [1.82, 2.24) is 19.5 Å². The lowest BCUT2D eigenvalue weighted by Gasteiger charge is -2.29. The molecule has 4 heterocycles. The topological polar surface area (TPSA) is 130 Å². The fourth-order valence-electron chi connectivity index (χ4n) is 3.79. The van der Waals surface area contributed by atoms with Crippen molar-refractivity contribution in [1.29, 1.82) is 0 Å². The van der Waals surface area contributed by atoms with Gasteiger partial charge in [-0.2, -0.15) is 0 Å². The highest BCUT2D eigenvalue weighted by molar-refractivity contribution is 7.49. The lowest BCUT2D eigenvalue weighted by Crippen LogP contribution is -2.47. The lowest BCUT2D eigenvalue weighted by atomic mass is 9.99. The number of para-hydroxylation sites is 2. The molecule has 176 valence electrons. The van der Waals surface area contributed by atoms with Crippen LogP contribution in [0.15, 0.2) is 30.6 Å². The number of hydrogen-bond donors (Lipinski definition) is 2. The SMILES string of the molecule is CNc1nc(C)nc2c1ncn2[C@@H]1O[C@](CCl)(COP2(=O)Oc3ccccc3O2)[C@@H](O)[C@@H]1F. The third-order valence-corrected chi connectivity index (χ3v) is 7.21. The smallest absolute Gasteiger partial charge is 0.391 e. The number of nitrogens with zero attached hydrogens (tertiary/aromatic N) is 4. The second-order valence-corrected chi connectivity index (χ2v) is 9.42. The molecule has 14 heteroatoms. The first-order valence-electron chi connectivity index (χ1n) is 9.97. The number of phosphoric ester groups is 1. The zero-order valence-corrected chi connectivity index (χ0v) is 19.2. The Morgan fingerprint density at radius 2 is 2.03 bits per heavy atom. The van der Waals surface area contributed by atoms with Gasteiger partial charge in [0.15, 0.2) is 40.9 Å². The van der Waals surface area contributed by atoms with E-state index in [1.807, 2.05) is 0 Å². The number of aliphatic hydroxyl groups excluding tert-OH is 1. The monoisotopic (exact) mass is 499 g/mol. The molecule has 0 unspecified atom stereocenters. The van der Waals surface area contributed by atoms with Crippen LogP contribution in [0.3, 0.4) is 0 Å². The van der Waals surface area contributed by atoms with Gasteiger partial charge in [-0.1, -0.05) is 12.1 Å². The number of aryl methyl sites for hydroxylation is 1. The molecule has 0 radical (unpaired) electrons. The number of benzene rings is 1. The van der Waals surface area contributed by atoms with Gasteiger partial charge in [-0.25, -0.2) is 23.9 Å². The quantitative estimate of drug-likeness (QED) is 0.385. The van der Waals surface area contributed by atoms with Gasteiger partial charge in [0.25, 0.3) is 0 Å². The highest BCUT2D eigenvalue weighted by atomic mass is 35.5. The number of anilines is 1. The van der Waals surface area contributed by atoms with Gasteiger partial charge in [0, 0.05) is 7.05 Å². The number of hydrogen-bond acceptors (Lipinski definition) is 10. The molecule has 2 aliphatic rings. The zero-order chi connectivity index (χ0) is 23.4. The molecular weight excluding hydrogens is 480 g/mol. The maximum Gasteiger partial charge on any atom is 0.587 e. The predicted molar refractivity (Wildman–Crippen MR) is 115 cm³/mol. The molecule has 0 bridgehead atoms. The summed E-state index contributed by atoms with van der Waals surface area (Å²) in [5.74, 6) is 1.03. The highest BCUT2D eigenvalue weighted by Crippen LogP contribution is 2.59. The van der Waals surface area contributed by atoms with Crippen LogP contribution in [0.5, 0.6) is 11.5 Å². The van der Waals surface area contributed by atoms with E-state index in [9.17, 15) is 9.67 Å². The molecule has 2 N–H and O–H groups in total. The summed E-state index contributed by atoms with van der Waals surface area (Å²) >= 11 is 6.10. The van der Waals surface area contributed by atoms with Crippen LogP contribution >= 0.6 is 19.4 Å². The summed E-state index contributed by atoms with van der Waals surface area (Å²) in [6.45, 7) is 1.13. The Balaban J connectivity index is 1.41. The van der Waals surface area contributed by atoms with Crippen LogP contribution in [0.4, 0.5) is 10.2 Å². The minimum absolute atomic E-state index is 0.246. The predicted octanol–water partition coefficient (Wildman–Crippen LogP) is 2.98. The summed E-state index contributed by atoms with van der Waals surface area (Å²) in [7, 11) is -2.39. The summed E-state index contributed by atoms with van der Waals surface area (Å²) < 4.78 is 51.5. The fourth-order valence-corrected chi connectivity index (χ4v) is 5.39. The molecule has 0 saturated carbocycles. The summed E-state index contributed by atoms with van der Waals surface area (Å²) in [5, 5.41) is 13.6. The largest absolute Gasteiger partial charge is 0.587 e. The number of imidazole rings is 1. The van der Waals surface area contributed by atoms with Crippen LogP contribution in [0, 0.1) is 6.92 Å². The van der Waals surface area contributed by atoms with Crippen molar-refractivity contribution in [3.8, 4) is 11.5 Å². The first kappa shape index (κ1) is 22.3. The molecule has 2 aliphatic heterocycles. The van der Waals surface area contributed by atoms with E-state index in [4.69, 9.17) is 29.9 Å². The molecule has 1 fully saturated rings. The fraction of sp³-hybridized carbons (Fsp3) is 0.421. The Morgan fingerprint density at radius 1 is 1.33 bits per heavy atom. The molecule has 4 atom stereocenters. The first-order chi connectivity index (χ1) is 15.8. The number of nitrogens with one attached hydrogen (secondary N) is 1. The van der Waals surface area contributed by atoms with Crippen LogP contribution in [-0.4, -0.2) is 62.0 Å².